The fourth-order valence-electron chi connectivity index (χ4n) is 1.88. The van der Waals surface area contributed by atoms with Crippen LogP contribution in [0.25, 0.3) is 0 Å². The van der Waals surface area contributed by atoms with Crippen molar-refractivity contribution in [3.63, 3.8) is 0 Å². The average Bonchev–Trinajstić information content (AvgIpc) is 2.30. The molecular weight excluding hydrogens is 174 g/mol. The van der Waals surface area contributed by atoms with Crippen LogP contribution in [0.15, 0.2) is 12.4 Å². The summed E-state index contributed by atoms with van der Waals surface area (Å²) in [4.78, 5) is 8.87. The maximum absolute atomic E-state index is 4.48. The number of hydrogen-bond donors (Lipinski definition) is 1. The summed E-state index contributed by atoms with van der Waals surface area (Å²) in [7, 11) is 0. The second-order valence-corrected chi connectivity index (χ2v) is 3.81. The van der Waals surface area contributed by atoms with Gasteiger partial charge in [-0.05, 0) is 32.4 Å². The third kappa shape index (κ3) is 2.10. The van der Waals surface area contributed by atoms with E-state index in [-0.39, 0.29) is 0 Å². The molecule has 14 heavy (non-hydrogen) atoms. The molecule has 1 aromatic heterocycles. The van der Waals surface area contributed by atoms with Crippen LogP contribution in [-0.2, 0) is 6.42 Å². The van der Waals surface area contributed by atoms with Gasteiger partial charge in [0.15, 0.2) is 0 Å². The van der Waals surface area contributed by atoms with E-state index in [4.69, 9.17) is 0 Å². The molecular formula is C11H17N3. The molecule has 1 aliphatic rings. The van der Waals surface area contributed by atoms with Crippen molar-refractivity contribution in [3.8, 4) is 0 Å². The molecule has 0 bridgehead atoms. The van der Waals surface area contributed by atoms with E-state index in [1.165, 1.54) is 18.5 Å². The second-order valence-electron chi connectivity index (χ2n) is 3.81. The van der Waals surface area contributed by atoms with E-state index < -0.39 is 0 Å². The Morgan fingerprint density at radius 1 is 1.29 bits per heavy atom. The molecule has 2 heterocycles. The lowest BCUT2D eigenvalue weighted by Gasteiger charge is -2.21. The lowest BCUT2D eigenvalue weighted by atomic mass is 9.95. The van der Waals surface area contributed by atoms with E-state index in [2.05, 4.69) is 22.2 Å². The van der Waals surface area contributed by atoms with E-state index >= 15 is 0 Å². The summed E-state index contributed by atoms with van der Waals surface area (Å²) in [6.07, 6.45) is 7.23. The quantitative estimate of drug-likeness (QED) is 0.770. The molecule has 0 spiro atoms. The molecule has 0 aliphatic carbocycles. The lowest BCUT2D eigenvalue weighted by Crippen LogP contribution is -2.27. The van der Waals surface area contributed by atoms with Gasteiger partial charge in [0.2, 0.25) is 0 Å². The van der Waals surface area contributed by atoms with Gasteiger partial charge >= 0.3 is 0 Å². The summed E-state index contributed by atoms with van der Waals surface area (Å²) in [5, 5.41) is 3.36. The van der Waals surface area contributed by atoms with Gasteiger partial charge < -0.3 is 5.32 Å². The second kappa shape index (κ2) is 4.51. The SMILES string of the molecule is CCc1cnc(C2CCNCC2)cn1. The summed E-state index contributed by atoms with van der Waals surface area (Å²) in [6, 6.07) is 0. The molecule has 0 unspecified atom stereocenters. The molecule has 1 fully saturated rings. The van der Waals surface area contributed by atoms with Gasteiger partial charge in [0, 0.05) is 18.3 Å². The molecule has 0 radical (unpaired) electrons. The van der Waals surface area contributed by atoms with Gasteiger partial charge in [-0.1, -0.05) is 6.92 Å². The zero-order chi connectivity index (χ0) is 9.80. The molecule has 0 saturated carbocycles. The van der Waals surface area contributed by atoms with Crippen LogP contribution < -0.4 is 5.32 Å². The van der Waals surface area contributed by atoms with Crippen molar-refractivity contribution < 1.29 is 0 Å². The highest BCUT2D eigenvalue weighted by Gasteiger charge is 2.16. The van der Waals surface area contributed by atoms with Gasteiger partial charge in [-0.15, -0.1) is 0 Å². The summed E-state index contributed by atoms with van der Waals surface area (Å²) >= 11 is 0. The van der Waals surface area contributed by atoms with Gasteiger partial charge in [-0.2, -0.15) is 0 Å². The van der Waals surface area contributed by atoms with Crippen molar-refractivity contribution in [2.24, 2.45) is 0 Å². The summed E-state index contributed by atoms with van der Waals surface area (Å²) in [6.45, 7) is 4.33. The van der Waals surface area contributed by atoms with Gasteiger partial charge in [0.25, 0.3) is 0 Å². The van der Waals surface area contributed by atoms with Gasteiger partial charge in [-0.25, -0.2) is 0 Å². The number of nitrogens with one attached hydrogen (secondary N) is 1. The Morgan fingerprint density at radius 3 is 2.64 bits per heavy atom. The molecule has 1 aliphatic heterocycles. The number of hydrogen-bond acceptors (Lipinski definition) is 3. The standard InChI is InChI=1S/C11H17N3/c1-2-10-7-14-11(8-13-10)9-3-5-12-6-4-9/h7-9,12H,2-6H2,1H3. The van der Waals surface area contributed by atoms with Crippen LogP contribution in [0.4, 0.5) is 0 Å². The minimum atomic E-state index is 0.620. The van der Waals surface area contributed by atoms with Gasteiger partial charge in [0.1, 0.15) is 0 Å². The van der Waals surface area contributed by atoms with Crippen molar-refractivity contribution in [1.29, 1.82) is 0 Å². The predicted molar refractivity (Wildman–Crippen MR) is 56.3 cm³/mol. The smallest absolute Gasteiger partial charge is 0.0618 e. The van der Waals surface area contributed by atoms with Crippen LogP contribution in [0.2, 0.25) is 0 Å². The first kappa shape index (κ1) is 9.59. The first-order valence-corrected chi connectivity index (χ1v) is 5.41. The van der Waals surface area contributed by atoms with Gasteiger partial charge in [-0.3, -0.25) is 9.97 Å². The number of piperidine rings is 1. The first-order valence-electron chi connectivity index (χ1n) is 5.41. The summed E-state index contributed by atoms with van der Waals surface area (Å²) < 4.78 is 0. The third-order valence-electron chi connectivity index (χ3n) is 2.84. The Hall–Kier alpha value is -0.960. The minimum Gasteiger partial charge on any atom is -0.317 e. The monoisotopic (exact) mass is 191 g/mol. The van der Waals surface area contributed by atoms with Crippen molar-refractivity contribution in [3.05, 3.63) is 23.8 Å². The minimum absolute atomic E-state index is 0.620. The normalized spacial score (nSPS) is 18.4. The Kier molecular flexibility index (Phi) is 3.09. The summed E-state index contributed by atoms with van der Waals surface area (Å²) in [5.41, 5.74) is 2.26. The largest absolute Gasteiger partial charge is 0.317 e. The maximum atomic E-state index is 4.48. The van der Waals surface area contributed by atoms with Crippen molar-refractivity contribution in [2.45, 2.75) is 32.1 Å². The molecule has 3 heteroatoms. The highest BCUT2D eigenvalue weighted by molar-refractivity contribution is 5.08. The van der Waals surface area contributed by atoms with E-state index in [0.29, 0.717) is 5.92 Å². The fourth-order valence-corrected chi connectivity index (χ4v) is 1.88. The predicted octanol–water partition coefficient (Wildman–Crippen LogP) is 1.51. The molecule has 1 saturated heterocycles. The maximum Gasteiger partial charge on any atom is 0.0618 e. The van der Waals surface area contributed by atoms with E-state index in [1.54, 1.807) is 0 Å². The zero-order valence-corrected chi connectivity index (χ0v) is 8.66. The third-order valence-corrected chi connectivity index (χ3v) is 2.84. The molecule has 3 nitrogen and oxygen atoms in total. The lowest BCUT2D eigenvalue weighted by molar-refractivity contribution is 0.452. The molecule has 1 N–H and O–H groups in total. The molecule has 0 amide bonds. The number of nitrogens with zero attached hydrogens (tertiary/aromatic N) is 2. The fraction of sp³-hybridized carbons (Fsp3) is 0.636. The van der Waals surface area contributed by atoms with E-state index in [9.17, 15) is 0 Å². The Bertz CT molecular complexity index is 275. The van der Waals surface area contributed by atoms with Crippen molar-refractivity contribution in [1.82, 2.24) is 15.3 Å². The molecule has 76 valence electrons. The van der Waals surface area contributed by atoms with Crippen molar-refractivity contribution >= 4 is 0 Å². The number of aryl methyl sites for hydroxylation is 1. The molecule has 0 aromatic carbocycles. The van der Waals surface area contributed by atoms with E-state index in [1.807, 2.05) is 12.4 Å². The van der Waals surface area contributed by atoms with Crippen molar-refractivity contribution in [2.75, 3.05) is 13.1 Å². The van der Waals surface area contributed by atoms with Gasteiger partial charge in [0.05, 0.1) is 11.4 Å². The molecule has 0 atom stereocenters. The van der Waals surface area contributed by atoms with Crippen LogP contribution in [-0.4, -0.2) is 23.1 Å². The van der Waals surface area contributed by atoms with E-state index in [0.717, 1.165) is 25.2 Å². The molecule has 2 rings (SSSR count). The van der Waals surface area contributed by atoms with Crippen LogP contribution in [0.3, 0.4) is 0 Å². The average molecular weight is 191 g/mol. The van der Waals surface area contributed by atoms with Crippen LogP contribution in [0, 0.1) is 0 Å². The zero-order valence-electron chi connectivity index (χ0n) is 8.66. The van der Waals surface area contributed by atoms with Crippen LogP contribution in [0.1, 0.15) is 37.1 Å². The Morgan fingerprint density at radius 2 is 2.07 bits per heavy atom. The first-order chi connectivity index (χ1) is 6.90. The highest BCUT2D eigenvalue weighted by atomic mass is 14.9. The Labute approximate surface area is 85.0 Å². The molecule has 1 aromatic rings. The summed E-state index contributed by atoms with van der Waals surface area (Å²) in [5.74, 6) is 0.620. The number of rotatable bonds is 2. The Balaban J connectivity index is 2.07. The van der Waals surface area contributed by atoms with Crippen LogP contribution >= 0.6 is 0 Å². The highest BCUT2D eigenvalue weighted by Crippen LogP contribution is 2.22. The van der Waals surface area contributed by atoms with Crippen LogP contribution in [0.5, 0.6) is 0 Å². The topological polar surface area (TPSA) is 37.8 Å². The number of aromatic nitrogens is 2.